The zero-order valence-corrected chi connectivity index (χ0v) is 20.7. The average molecular weight is 435 g/mol. The second-order valence-electron chi connectivity index (χ2n) is 9.43. The van der Waals surface area contributed by atoms with Crippen LogP contribution in [-0.2, 0) is 10.3 Å². The van der Waals surface area contributed by atoms with E-state index in [4.69, 9.17) is 4.74 Å². The van der Waals surface area contributed by atoms with Gasteiger partial charge >= 0.3 is 0 Å². The van der Waals surface area contributed by atoms with Gasteiger partial charge in [-0.2, -0.15) is 0 Å². The lowest BCUT2D eigenvalue weighted by molar-refractivity contribution is -0.0250. The van der Waals surface area contributed by atoms with E-state index in [1.54, 1.807) is 0 Å². The van der Waals surface area contributed by atoms with Gasteiger partial charge in [-0.1, -0.05) is 48.5 Å². The first-order chi connectivity index (χ1) is 14.7. The Morgan fingerprint density at radius 1 is 0.742 bits per heavy atom. The van der Waals surface area contributed by atoms with Gasteiger partial charge < -0.3 is 10.1 Å². The molecule has 3 heteroatoms. The average Bonchev–Trinajstić information content (AvgIpc) is 2.79. The standard InChI is InChI=1S/C28H37NOP/c1-27(2,21-22-30-28(3,4)23-17-19-24(29-5)20-18-23)31(6,25-13-9-7-10-14-25)26-15-11-8-12-16-26/h7-20,29H,21-22H2,1-6H3/q+1. The van der Waals surface area contributed by atoms with Crippen LogP contribution < -0.4 is 15.9 Å². The van der Waals surface area contributed by atoms with Gasteiger partial charge in [-0.3, -0.25) is 0 Å². The summed E-state index contributed by atoms with van der Waals surface area (Å²) in [6.45, 7) is 12.4. The molecular formula is C28H37NOP+. The van der Waals surface area contributed by atoms with Crippen LogP contribution >= 0.6 is 7.26 Å². The maximum atomic E-state index is 6.49. The summed E-state index contributed by atoms with van der Waals surface area (Å²) in [4.78, 5) is 0. The van der Waals surface area contributed by atoms with Gasteiger partial charge in [0, 0.05) is 19.2 Å². The Morgan fingerprint density at radius 2 is 1.23 bits per heavy atom. The van der Waals surface area contributed by atoms with E-state index in [-0.39, 0.29) is 10.8 Å². The highest BCUT2D eigenvalue weighted by atomic mass is 31.2. The van der Waals surface area contributed by atoms with Crippen molar-refractivity contribution in [1.29, 1.82) is 0 Å². The van der Waals surface area contributed by atoms with Crippen molar-refractivity contribution in [3.8, 4) is 0 Å². The molecule has 0 bridgehead atoms. The van der Waals surface area contributed by atoms with Gasteiger partial charge in [-0.05, 0) is 69.7 Å². The second kappa shape index (κ2) is 9.55. The predicted octanol–water partition coefficient (Wildman–Crippen LogP) is 6.45. The molecule has 0 aliphatic heterocycles. The molecule has 0 unspecified atom stereocenters. The summed E-state index contributed by atoms with van der Waals surface area (Å²) in [5.41, 5.74) is 2.00. The molecule has 3 rings (SSSR count). The summed E-state index contributed by atoms with van der Waals surface area (Å²) < 4.78 is 6.49. The summed E-state index contributed by atoms with van der Waals surface area (Å²) in [6, 6.07) is 30.6. The van der Waals surface area contributed by atoms with E-state index in [1.807, 2.05) is 7.05 Å². The number of hydrogen-bond donors (Lipinski definition) is 1. The SMILES string of the molecule is CNc1ccc(C(C)(C)OCCC(C)(C)[P+](C)(c2ccccc2)c2ccccc2)cc1. The molecule has 0 atom stereocenters. The van der Waals surface area contributed by atoms with Crippen LogP contribution in [-0.4, -0.2) is 25.5 Å². The van der Waals surface area contributed by atoms with Crippen molar-refractivity contribution in [3.05, 3.63) is 90.5 Å². The summed E-state index contributed by atoms with van der Waals surface area (Å²) in [7, 11) is 0.313. The zero-order valence-electron chi connectivity index (χ0n) is 19.9. The fourth-order valence-electron chi connectivity index (χ4n) is 4.20. The lowest BCUT2D eigenvalue weighted by atomic mass is 9.97. The van der Waals surface area contributed by atoms with Crippen LogP contribution in [0.1, 0.15) is 39.7 Å². The zero-order chi connectivity index (χ0) is 22.5. The van der Waals surface area contributed by atoms with Gasteiger partial charge in [0.15, 0.2) is 0 Å². The first-order valence-electron chi connectivity index (χ1n) is 11.1. The van der Waals surface area contributed by atoms with Gasteiger partial charge in [0.2, 0.25) is 0 Å². The van der Waals surface area contributed by atoms with E-state index < -0.39 is 7.26 Å². The van der Waals surface area contributed by atoms with Crippen LogP contribution in [0.2, 0.25) is 0 Å². The first-order valence-corrected chi connectivity index (χ1v) is 13.3. The van der Waals surface area contributed by atoms with E-state index in [9.17, 15) is 0 Å². The fraction of sp³-hybridized carbons (Fsp3) is 0.357. The largest absolute Gasteiger partial charge is 0.388 e. The molecule has 0 saturated heterocycles. The van der Waals surface area contributed by atoms with Crippen LogP contribution in [0.5, 0.6) is 0 Å². The Bertz CT molecular complexity index is 910. The van der Waals surface area contributed by atoms with E-state index in [2.05, 4.69) is 125 Å². The van der Waals surface area contributed by atoms with E-state index in [0.29, 0.717) is 0 Å². The van der Waals surface area contributed by atoms with Crippen LogP contribution in [0.15, 0.2) is 84.9 Å². The Labute approximate surface area is 189 Å². The third-order valence-corrected chi connectivity index (χ3v) is 12.1. The number of nitrogens with one attached hydrogen (secondary N) is 1. The number of ether oxygens (including phenoxy) is 1. The van der Waals surface area contributed by atoms with Crippen molar-refractivity contribution in [2.45, 2.75) is 44.9 Å². The lowest BCUT2D eigenvalue weighted by Gasteiger charge is -2.38. The Morgan fingerprint density at radius 3 is 1.68 bits per heavy atom. The Kier molecular flexibility index (Phi) is 7.24. The molecule has 0 radical (unpaired) electrons. The normalized spacial score (nSPS) is 12.6. The summed E-state index contributed by atoms with van der Waals surface area (Å²) in [5, 5.41) is 6.18. The summed E-state index contributed by atoms with van der Waals surface area (Å²) >= 11 is 0. The van der Waals surface area contributed by atoms with Crippen molar-refractivity contribution in [2.75, 3.05) is 25.6 Å². The van der Waals surface area contributed by atoms with E-state index in [0.717, 1.165) is 18.7 Å². The van der Waals surface area contributed by atoms with Crippen molar-refractivity contribution in [2.24, 2.45) is 0 Å². The number of benzene rings is 3. The minimum Gasteiger partial charge on any atom is -0.388 e. The molecule has 0 fully saturated rings. The quantitative estimate of drug-likeness (QED) is 0.391. The van der Waals surface area contributed by atoms with Gasteiger partial charge in [-0.25, -0.2) is 0 Å². The van der Waals surface area contributed by atoms with Gasteiger partial charge in [-0.15, -0.1) is 0 Å². The molecule has 0 aromatic heterocycles. The van der Waals surface area contributed by atoms with Gasteiger partial charge in [0.25, 0.3) is 0 Å². The molecule has 0 spiro atoms. The molecule has 0 amide bonds. The Balaban J connectivity index is 1.81. The molecule has 164 valence electrons. The van der Waals surface area contributed by atoms with Crippen molar-refractivity contribution in [3.63, 3.8) is 0 Å². The smallest absolute Gasteiger partial charge is 0.0994 e. The molecule has 0 aliphatic carbocycles. The molecule has 2 nitrogen and oxygen atoms in total. The van der Waals surface area contributed by atoms with E-state index >= 15 is 0 Å². The van der Waals surface area contributed by atoms with E-state index in [1.165, 1.54) is 16.2 Å². The first kappa shape index (κ1) is 23.5. The monoisotopic (exact) mass is 434 g/mol. The number of anilines is 1. The minimum absolute atomic E-state index is 0.0990. The van der Waals surface area contributed by atoms with Crippen LogP contribution in [0.25, 0.3) is 0 Å². The molecule has 31 heavy (non-hydrogen) atoms. The minimum atomic E-state index is -1.63. The third kappa shape index (κ3) is 5.03. The molecule has 0 saturated carbocycles. The molecule has 1 N–H and O–H groups in total. The molecular weight excluding hydrogens is 397 g/mol. The highest BCUT2D eigenvalue weighted by Crippen LogP contribution is 2.65. The lowest BCUT2D eigenvalue weighted by Crippen LogP contribution is -2.39. The second-order valence-corrected chi connectivity index (χ2v) is 13.7. The topological polar surface area (TPSA) is 21.3 Å². The van der Waals surface area contributed by atoms with Gasteiger partial charge in [0.05, 0.1) is 41.9 Å². The molecule has 0 aliphatic rings. The summed E-state index contributed by atoms with van der Waals surface area (Å²) in [5.74, 6) is 0. The molecule has 3 aromatic carbocycles. The highest BCUT2D eigenvalue weighted by Gasteiger charge is 2.51. The van der Waals surface area contributed by atoms with Crippen LogP contribution in [0.3, 0.4) is 0 Å². The Hall–Kier alpha value is -2.15. The number of hydrogen-bond acceptors (Lipinski definition) is 2. The van der Waals surface area contributed by atoms with Gasteiger partial charge in [0.1, 0.15) is 0 Å². The predicted molar refractivity (Wildman–Crippen MR) is 139 cm³/mol. The van der Waals surface area contributed by atoms with Crippen LogP contribution in [0, 0.1) is 0 Å². The third-order valence-electron chi connectivity index (χ3n) is 6.80. The molecule has 0 heterocycles. The molecule has 3 aromatic rings. The van der Waals surface area contributed by atoms with Crippen molar-refractivity contribution < 1.29 is 4.74 Å². The fourth-order valence-corrected chi connectivity index (χ4v) is 7.97. The van der Waals surface area contributed by atoms with Crippen LogP contribution in [0.4, 0.5) is 5.69 Å². The maximum Gasteiger partial charge on any atom is 0.0994 e. The summed E-state index contributed by atoms with van der Waals surface area (Å²) in [6.07, 6.45) is 0.999. The highest BCUT2D eigenvalue weighted by molar-refractivity contribution is 7.90. The van der Waals surface area contributed by atoms with Crippen molar-refractivity contribution >= 4 is 23.6 Å². The van der Waals surface area contributed by atoms with Crippen molar-refractivity contribution in [1.82, 2.24) is 0 Å². The number of rotatable bonds is 9. The maximum absolute atomic E-state index is 6.49.